The van der Waals surface area contributed by atoms with E-state index in [1.807, 2.05) is 13.8 Å². The fourth-order valence-corrected chi connectivity index (χ4v) is 2.04. The third kappa shape index (κ3) is 4.64. The molecule has 2 amide bonds. The Hall–Kier alpha value is -2.69. The number of benzene rings is 2. The summed E-state index contributed by atoms with van der Waals surface area (Å²) in [5.74, 6) is -0.851. The van der Waals surface area contributed by atoms with Gasteiger partial charge in [0.2, 0.25) is 0 Å². The minimum absolute atomic E-state index is 0.0474. The molecule has 2 rings (SSSR count). The molecule has 0 radical (unpaired) electrons. The molecule has 23 heavy (non-hydrogen) atoms. The molecule has 4 nitrogen and oxygen atoms in total. The molecule has 2 aromatic carbocycles. The van der Waals surface area contributed by atoms with E-state index in [9.17, 15) is 14.0 Å². The summed E-state index contributed by atoms with van der Waals surface area (Å²) < 4.78 is 13.5. The Morgan fingerprint density at radius 1 is 0.957 bits per heavy atom. The van der Waals surface area contributed by atoms with Crippen molar-refractivity contribution in [2.45, 2.75) is 26.4 Å². The van der Waals surface area contributed by atoms with E-state index in [1.54, 1.807) is 42.5 Å². The lowest BCUT2D eigenvalue weighted by molar-refractivity contribution is 0.0934. The zero-order valence-electron chi connectivity index (χ0n) is 13.1. The number of hydrogen-bond acceptors (Lipinski definition) is 2. The van der Waals surface area contributed by atoms with Crippen LogP contribution in [-0.2, 0) is 6.54 Å². The molecule has 2 aromatic rings. The van der Waals surface area contributed by atoms with Crippen molar-refractivity contribution in [1.82, 2.24) is 10.6 Å². The maximum Gasteiger partial charge on any atom is 0.251 e. The van der Waals surface area contributed by atoms with E-state index in [0.717, 1.165) is 0 Å². The third-order valence-corrected chi connectivity index (χ3v) is 3.23. The van der Waals surface area contributed by atoms with Gasteiger partial charge in [-0.05, 0) is 44.2 Å². The van der Waals surface area contributed by atoms with Gasteiger partial charge in [-0.2, -0.15) is 0 Å². The first kappa shape index (κ1) is 16.7. The Bertz CT molecular complexity index is 696. The first-order chi connectivity index (χ1) is 11.0. The molecule has 0 saturated carbocycles. The highest BCUT2D eigenvalue weighted by Crippen LogP contribution is 2.08. The number of amides is 2. The van der Waals surface area contributed by atoms with E-state index in [1.165, 1.54) is 6.07 Å². The van der Waals surface area contributed by atoms with Crippen molar-refractivity contribution in [2.75, 3.05) is 0 Å². The molecule has 120 valence electrons. The zero-order valence-corrected chi connectivity index (χ0v) is 13.1. The fourth-order valence-electron chi connectivity index (χ4n) is 2.04. The predicted octanol–water partition coefficient (Wildman–Crippen LogP) is 2.89. The maximum atomic E-state index is 13.5. The molecular formula is C18H19FN2O2. The number of rotatable bonds is 5. The highest BCUT2D eigenvalue weighted by molar-refractivity contribution is 5.97. The van der Waals surface area contributed by atoms with Gasteiger partial charge in [-0.1, -0.05) is 18.2 Å². The maximum absolute atomic E-state index is 13.5. The van der Waals surface area contributed by atoms with E-state index >= 15 is 0 Å². The highest BCUT2D eigenvalue weighted by atomic mass is 19.1. The van der Waals surface area contributed by atoms with Gasteiger partial charge in [0.1, 0.15) is 5.82 Å². The second-order valence-corrected chi connectivity index (χ2v) is 5.48. The summed E-state index contributed by atoms with van der Waals surface area (Å²) in [5, 5.41) is 5.44. The van der Waals surface area contributed by atoms with E-state index in [4.69, 9.17) is 0 Å². The van der Waals surface area contributed by atoms with Crippen LogP contribution in [-0.4, -0.2) is 17.9 Å². The second-order valence-electron chi connectivity index (χ2n) is 5.48. The fraction of sp³-hybridized carbons (Fsp3) is 0.222. The topological polar surface area (TPSA) is 58.2 Å². The molecule has 0 heterocycles. The van der Waals surface area contributed by atoms with Crippen LogP contribution in [0.1, 0.15) is 40.1 Å². The summed E-state index contributed by atoms with van der Waals surface area (Å²) in [6, 6.07) is 12.7. The summed E-state index contributed by atoms with van der Waals surface area (Å²) in [5.41, 5.74) is 1.33. The van der Waals surface area contributed by atoms with Gasteiger partial charge >= 0.3 is 0 Å². The van der Waals surface area contributed by atoms with Crippen LogP contribution in [0.15, 0.2) is 48.5 Å². The van der Waals surface area contributed by atoms with Crippen LogP contribution in [0.25, 0.3) is 0 Å². The summed E-state index contributed by atoms with van der Waals surface area (Å²) >= 11 is 0. The number of carbonyl (C=O) groups excluding carboxylic acids is 2. The highest BCUT2D eigenvalue weighted by Gasteiger charge is 2.10. The van der Waals surface area contributed by atoms with Crippen LogP contribution < -0.4 is 10.6 Å². The Kier molecular flexibility index (Phi) is 5.46. The third-order valence-electron chi connectivity index (χ3n) is 3.23. The second kappa shape index (κ2) is 7.54. The molecule has 0 saturated heterocycles. The number of nitrogens with one attached hydrogen (secondary N) is 2. The summed E-state index contributed by atoms with van der Waals surface area (Å²) in [4.78, 5) is 23.9. The number of hydrogen-bond donors (Lipinski definition) is 2. The Balaban J connectivity index is 1.98. The molecule has 0 bridgehead atoms. The average molecular weight is 314 g/mol. The minimum Gasteiger partial charge on any atom is -0.350 e. The van der Waals surface area contributed by atoms with Crippen molar-refractivity contribution < 1.29 is 14.0 Å². The van der Waals surface area contributed by atoms with Crippen LogP contribution in [0.5, 0.6) is 0 Å². The van der Waals surface area contributed by atoms with E-state index in [-0.39, 0.29) is 30.2 Å². The van der Waals surface area contributed by atoms with Gasteiger partial charge in [0.05, 0.1) is 0 Å². The normalized spacial score (nSPS) is 10.4. The van der Waals surface area contributed by atoms with Gasteiger partial charge < -0.3 is 10.6 Å². The molecule has 0 aliphatic rings. The minimum atomic E-state index is -0.353. The first-order valence-corrected chi connectivity index (χ1v) is 7.40. The Morgan fingerprint density at radius 2 is 1.52 bits per heavy atom. The standard InChI is InChI=1S/C18H19FN2O2/c1-12(2)21-18(23)14-9-7-13(8-10-14)17(22)20-11-15-5-3-4-6-16(15)19/h3-10,12H,11H2,1-2H3,(H,20,22)(H,21,23). The Morgan fingerprint density at radius 3 is 2.09 bits per heavy atom. The van der Waals surface area contributed by atoms with Crippen molar-refractivity contribution in [3.63, 3.8) is 0 Å². The van der Waals surface area contributed by atoms with Crippen molar-refractivity contribution in [2.24, 2.45) is 0 Å². The van der Waals surface area contributed by atoms with Crippen LogP contribution in [0.2, 0.25) is 0 Å². The summed E-state index contributed by atoms with van der Waals surface area (Å²) in [6.45, 7) is 3.87. The smallest absolute Gasteiger partial charge is 0.251 e. The van der Waals surface area contributed by atoms with E-state index in [2.05, 4.69) is 10.6 Å². The van der Waals surface area contributed by atoms with Crippen LogP contribution in [0, 0.1) is 5.82 Å². The van der Waals surface area contributed by atoms with E-state index < -0.39 is 0 Å². The molecule has 2 N–H and O–H groups in total. The quantitative estimate of drug-likeness (QED) is 0.891. The first-order valence-electron chi connectivity index (χ1n) is 7.40. The van der Waals surface area contributed by atoms with Gasteiger partial charge in [-0.3, -0.25) is 9.59 Å². The van der Waals surface area contributed by atoms with Gasteiger partial charge in [0.25, 0.3) is 11.8 Å². The van der Waals surface area contributed by atoms with Gasteiger partial charge in [-0.25, -0.2) is 4.39 Å². The van der Waals surface area contributed by atoms with Gasteiger partial charge in [0, 0.05) is 29.3 Å². The monoisotopic (exact) mass is 314 g/mol. The zero-order chi connectivity index (χ0) is 16.8. The predicted molar refractivity (Wildman–Crippen MR) is 86.6 cm³/mol. The van der Waals surface area contributed by atoms with Gasteiger partial charge in [0.15, 0.2) is 0 Å². The van der Waals surface area contributed by atoms with Crippen molar-refractivity contribution in [1.29, 1.82) is 0 Å². The molecule has 0 spiro atoms. The van der Waals surface area contributed by atoms with Crippen LogP contribution >= 0.6 is 0 Å². The summed E-state index contributed by atoms with van der Waals surface area (Å²) in [7, 11) is 0. The molecule has 0 aliphatic heterocycles. The van der Waals surface area contributed by atoms with Crippen LogP contribution in [0.3, 0.4) is 0 Å². The van der Waals surface area contributed by atoms with Gasteiger partial charge in [-0.15, -0.1) is 0 Å². The molecule has 0 fully saturated rings. The SMILES string of the molecule is CC(C)NC(=O)c1ccc(C(=O)NCc2ccccc2F)cc1. The largest absolute Gasteiger partial charge is 0.350 e. The van der Waals surface area contributed by atoms with Crippen molar-refractivity contribution in [3.8, 4) is 0 Å². The average Bonchev–Trinajstić information content (AvgIpc) is 2.53. The lowest BCUT2D eigenvalue weighted by Crippen LogP contribution is -2.30. The summed E-state index contributed by atoms with van der Waals surface area (Å²) in [6.07, 6.45) is 0. The lowest BCUT2D eigenvalue weighted by Gasteiger charge is -2.09. The molecule has 0 atom stereocenters. The van der Waals surface area contributed by atoms with Crippen molar-refractivity contribution in [3.05, 3.63) is 71.0 Å². The number of carbonyl (C=O) groups is 2. The number of halogens is 1. The van der Waals surface area contributed by atoms with Crippen molar-refractivity contribution >= 4 is 11.8 Å². The molecule has 0 unspecified atom stereocenters. The molecule has 5 heteroatoms. The molecule has 0 aliphatic carbocycles. The lowest BCUT2D eigenvalue weighted by atomic mass is 10.1. The van der Waals surface area contributed by atoms with Crippen LogP contribution in [0.4, 0.5) is 4.39 Å². The van der Waals surface area contributed by atoms with E-state index in [0.29, 0.717) is 16.7 Å². The molecular weight excluding hydrogens is 295 g/mol. The molecule has 0 aromatic heterocycles. The Labute approximate surface area is 134 Å².